The second-order valence-corrected chi connectivity index (χ2v) is 0. The zero-order valence-electron chi connectivity index (χ0n) is 5.79. The predicted octanol–water partition coefficient (Wildman–Crippen LogP) is -1.77. The number of rotatable bonds is 0. The van der Waals surface area contributed by atoms with Crippen molar-refractivity contribution in [1.29, 1.82) is 0 Å². The first kappa shape index (κ1) is 29.4. The summed E-state index contributed by atoms with van der Waals surface area (Å²) in [6.07, 6.45) is 0. The minimum Gasteiger partial charge on any atom is -1.00 e. The van der Waals surface area contributed by atoms with Crippen LogP contribution in [-0.2, 0) is 17.1 Å². The van der Waals surface area contributed by atoms with E-state index in [2.05, 4.69) is 0 Å². The average Bonchev–Trinajstić information content (AvgIpc) is 0. The fraction of sp³-hybridized carbons (Fsp3) is 0. The maximum absolute atomic E-state index is 0. The molecule has 0 heterocycles. The van der Waals surface area contributed by atoms with Crippen molar-refractivity contribution in [2.75, 3.05) is 0 Å². The van der Waals surface area contributed by atoms with E-state index in [1.54, 1.807) is 0 Å². The van der Waals surface area contributed by atoms with Crippen LogP contribution in [0.5, 0.6) is 0 Å². The smallest absolute Gasteiger partial charge is 1.00 e. The van der Waals surface area contributed by atoms with E-state index < -0.39 is 0 Å². The van der Waals surface area contributed by atoms with E-state index in [4.69, 9.17) is 0 Å². The van der Waals surface area contributed by atoms with E-state index in [1.807, 2.05) is 0 Å². The molecule has 0 aromatic heterocycles. The van der Waals surface area contributed by atoms with Crippen LogP contribution in [0.2, 0.25) is 0 Å². The molecule has 0 amide bonds. The molecule has 0 rings (SSSR count). The summed E-state index contributed by atoms with van der Waals surface area (Å²) in [6.45, 7) is 0. The van der Waals surface area contributed by atoms with Crippen LogP contribution >= 0.6 is 0 Å². The molecule has 0 aliphatic heterocycles. The van der Waals surface area contributed by atoms with Gasteiger partial charge in [0.15, 0.2) is 0 Å². The van der Waals surface area contributed by atoms with Gasteiger partial charge in [-0.05, 0) is 11.0 Å². The third-order valence-corrected chi connectivity index (χ3v) is 0. The Hall–Kier alpha value is 2.76. The van der Waals surface area contributed by atoms with Gasteiger partial charge in [-0.15, -0.1) is 0 Å². The van der Waals surface area contributed by atoms with Crippen LogP contribution < -0.4 is 0 Å². The Morgan fingerprint density at radius 3 is 1.25 bits per heavy atom. The molecule has 0 aromatic carbocycles. The molecule has 0 bridgehead atoms. The maximum atomic E-state index is 0. The van der Waals surface area contributed by atoms with Gasteiger partial charge in [-0.3, -0.25) is 0 Å². The van der Waals surface area contributed by atoms with Crippen LogP contribution in [-0.4, -0.2) is 71.8 Å². The Labute approximate surface area is 93.1 Å². The zero-order valence-corrected chi connectivity index (χ0v) is 6.60. The van der Waals surface area contributed by atoms with Crippen molar-refractivity contribution in [3.8, 4) is 0 Å². The average molecular weight is 155 g/mol. The zero-order chi connectivity index (χ0) is 0. The summed E-state index contributed by atoms with van der Waals surface area (Å²) in [4.78, 5) is 0. The van der Waals surface area contributed by atoms with E-state index in [9.17, 15) is 0 Å². The molecular formula is H8CaMgMnSi. The molecule has 0 nitrogen and oxygen atoms in total. The van der Waals surface area contributed by atoms with Crippen molar-refractivity contribution in [2.24, 2.45) is 0 Å². The maximum Gasteiger partial charge on any atom is 2.00 e. The minimum atomic E-state index is 0. The topological polar surface area (TPSA) is 0 Å². The van der Waals surface area contributed by atoms with Crippen molar-refractivity contribution in [3.05, 3.63) is 0 Å². The van der Waals surface area contributed by atoms with Crippen molar-refractivity contribution >= 4 is 71.8 Å². The molecule has 23 valence electrons. The molecule has 0 aromatic rings. The molecule has 0 aliphatic carbocycles. The fourth-order valence-electron chi connectivity index (χ4n) is 0. The van der Waals surface area contributed by atoms with Crippen LogP contribution in [0.25, 0.3) is 0 Å². The second-order valence-electron chi connectivity index (χ2n) is 0. The summed E-state index contributed by atoms with van der Waals surface area (Å²) < 4.78 is 0. The fourth-order valence-corrected chi connectivity index (χ4v) is 0. The molecule has 0 fully saturated rings. The van der Waals surface area contributed by atoms with Crippen LogP contribution in [0.1, 0.15) is 5.71 Å². The van der Waals surface area contributed by atoms with Crippen LogP contribution in [0.3, 0.4) is 0 Å². The van der Waals surface area contributed by atoms with Gasteiger partial charge in [0.2, 0.25) is 0 Å². The van der Waals surface area contributed by atoms with Crippen LogP contribution in [0.15, 0.2) is 0 Å². The summed E-state index contributed by atoms with van der Waals surface area (Å²) in [5, 5.41) is 0. The van der Waals surface area contributed by atoms with E-state index in [1.165, 1.54) is 0 Å². The summed E-state index contributed by atoms with van der Waals surface area (Å²) in [6, 6.07) is 0. The van der Waals surface area contributed by atoms with Gasteiger partial charge in [0, 0.05) is 17.1 Å². The quantitative estimate of drug-likeness (QED) is 0.364. The predicted molar refractivity (Wildman–Crippen MR) is 27.3 cm³/mol. The largest absolute Gasteiger partial charge is 2.00 e. The van der Waals surface area contributed by atoms with Gasteiger partial charge in [0.25, 0.3) is 0 Å². The van der Waals surface area contributed by atoms with E-state index in [-0.39, 0.29) is 94.5 Å². The standard InChI is InChI=1S/Ca.Mg.Mn.H4Si.4H/h;;;1H4;;;;/q2*+2;;;4*-1. The van der Waals surface area contributed by atoms with Gasteiger partial charge in [-0.1, -0.05) is 0 Å². The molecule has 4 heteroatoms. The first-order chi connectivity index (χ1) is 0. The van der Waals surface area contributed by atoms with Crippen molar-refractivity contribution in [1.82, 2.24) is 0 Å². The summed E-state index contributed by atoms with van der Waals surface area (Å²) in [5.74, 6) is 0. The molecule has 0 unspecified atom stereocenters. The monoisotopic (exact) mass is 155 g/mol. The van der Waals surface area contributed by atoms with E-state index >= 15 is 0 Å². The van der Waals surface area contributed by atoms with Gasteiger partial charge in [0.05, 0.1) is 0 Å². The minimum absolute atomic E-state index is 0. The van der Waals surface area contributed by atoms with Crippen molar-refractivity contribution in [3.63, 3.8) is 0 Å². The van der Waals surface area contributed by atoms with Gasteiger partial charge >= 0.3 is 60.8 Å². The van der Waals surface area contributed by atoms with Gasteiger partial charge in [-0.2, -0.15) is 0 Å². The Morgan fingerprint density at radius 2 is 1.25 bits per heavy atom. The molecule has 0 atom stereocenters. The SMILES string of the molecule is [Ca+2].[H-].[H-].[H-].[H-].[Mg+2].[Mn].[SiH4]. The van der Waals surface area contributed by atoms with E-state index in [0.717, 1.165) is 0 Å². The van der Waals surface area contributed by atoms with Gasteiger partial charge in [-0.25, -0.2) is 0 Å². The molecule has 0 saturated carbocycles. The molecule has 0 spiro atoms. The third-order valence-electron chi connectivity index (χ3n) is 0. The van der Waals surface area contributed by atoms with Crippen LogP contribution in [0.4, 0.5) is 0 Å². The number of hydrogen-bond donors (Lipinski definition) is 0. The Morgan fingerprint density at radius 1 is 1.25 bits per heavy atom. The summed E-state index contributed by atoms with van der Waals surface area (Å²) in [7, 11) is 0. The molecule has 0 N–H and O–H groups in total. The Kier molecular flexibility index (Phi) is 126. The Balaban J connectivity index is 0. The molecular weight excluding hydrogens is 147 g/mol. The molecule has 0 aliphatic rings. The first-order valence-electron chi connectivity index (χ1n) is 0. The Bertz CT molecular complexity index is 16.0. The normalized spacial score (nSPS) is 0. The first-order valence-corrected chi connectivity index (χ1v) is 0. The molecule has 4 heavy (non-hydrogen) atoms. The van der Waals surface area contributed by atoms with Crippen LogP contribution in [0, 0.1) is 0 Å². The molecule has 0 saturated heterocycles. The van der Waals surface area contributed by atoms with E-state index in [0.29, 0.717) is 0 Å². The number of hydrogen-bond acceptors (Lipinski definition) is 0. The second kappa shape index (κ2) is 17.1. The summed E-state index contributed by atoms with van der Waals surface area (Å²) >= 11 is 0. The summed E-state index contributed by atoms with van der Waals surface area (Å²) in [5.41, 5.74) is 0. The van der Waals surface area contributed by atoms with Crippen molar-refractivity contribution in [2.45, 2.75) is 0 Å². The van der Waals surface area contributed by atoms with Gasteiger partial charge in [0.1, 0.15) is 0 Å². The van der Waals surface area contributed by atoms with Crippen molar-refractivity contribution < 1.29 is 22.8 Å². The van der Waals surface area contributed by atoms with Gasteiger partial charge < -0.3 is 5.71 Å². The molecule has 1 radical (unpaired) electrons. The third kappa shape index (κ3) is 8.83.